The molecule has 3 rings (SSSR count). The number of nitrogens with one attached hydrogen (secondary N) is 1. The largest absolute Gasteiger partial charge is 0.326 e. The summed E-state index contributed by atoms with van der Waals surface area (Å²) in [7, 11) is -3.58. The normalized spacial score (nSPS) is 15.9. The molecule has 1 amide bonds. The number of carbonyl (C=O) groups excluding carboxylic acids is 1. The van der Waals surface area contributed by atoms with Gasteiger partial charge in [-0.15, -0.1) is 11.8 Å². The molecule has 0 spiro atoms. The monoisotopic (exact) mass is 446 g/mol. The fourth-order valence-electron chi connectivity index (χ4n) is 3.97. The third-order valence-corrected chi connectivity index (χ3v) is 8.99. The molecule has 1 heterocycles. The summed E-state index contributed by atoms with van der Waals surface area (Å²) < 4.78 is 28.3. The molecule has 0 unspecified atom stereocenters. The first-order chi connectivity index (χ1) is 14.1. The second-order valence-electron chi connectivity index (χ2n) is 7.99. The van der Waals surface area contributed by atoms with Gasteiger partial charge < -0.3 is 5.32 Å². The van der Waals surface area contributed by atoms with Crippen molar-refractivity contribution >= 4 is 33.4 Å². The van der Waals surface area contributed by atoms with E-state index in [9.17, 15) is 13.2 Å². The van der Waals surface area contributed by atoms with Gasteiger partial charge in [0.25, 0.3) is 0 Å². The molecule has 0 saturated carbocycles. The first-order valence-corrected chi connectivity index (χ1v) is 12.8. The Labute approximate surface area is 184 Å². The predicted octanol–water partition coefficient (Wildman–Crippen LogP) is 4.68. The maximum Gasteiger partial charge on any atom is 0.243 e. The smallest absolute Gasteiger partial charge is 0.243 e. The molecule has 7 heteroatoms. The van der Waals surface area contributed by atoms with E-state index in [1.807, 2.05) is 64.3 Å². The molecule has 162 valence electrons. The second kappa shape index (κ2) is 9.12. The lowest BCUT2D eigenvalue weighted by atomic mass is 9.97. The minimum Gasteiger partial charge on any atom is -0.326 e. The Balaban J connectivity index is 1.69. The van der Waals surface area contributed by atoms with Crippen LogP contribution in [-0.4, -0.2) is 38.0 Å². The minimum atomic E-state index is -3.58. The molecule has 0 aromatic heterocycles. The van der Waals surface area contributed by atoms with E-state index in [1.54, 1.807) is 11.8 Å². The van der Waals surface area contributed by atoms with Crippen molar-refractivity contribution in [3.63, 3.8) is 0 Å². The number of benzene rings is 2. The Morgan fingerprint density at radius 3 is 2.03 bits per heavy atom. The molecule has 1 saturated heterocycles. The van der Waals surface area contributed by atoms with Crippen LogP contribution in [0.2, 0.25) is 0 Å². The number of hydrogen-bond acceptors (Lipinski definition) is 4. The summed E-state index contributed by atoms with van der Waals surface area (Å²) >= 11 is 1.65. The fourth-order valence-corrected chi connectivity index (χ4v) is 6.43. The van der Waals surface area contributed by atoms with E-state index < -0.39 is 10.0 Å². The number of anilines is 1. The van der Waals surface area contributed by atoms with Gasteiger partial charge in [-0.2, -0.15) is 4.31 Å². The molecule has 2 aromatic rings. The average molecular weight is 447 g/mol. The number of hydrogen-bond donors (Lipinski definition) is 1. The van der Waals surface area contributed by atoms with E-state index >= 15 is 0 Å². The van der Waals surface area contributed by atoms with Gasteiger partial charge in [-0.1, -0.05) is 6.07 Å². The SMILES string of the molecule is CSc1ccc(NC(=O)C2CCN(S(=O)(=O)c3c(C)c(C)cc(C)c3C)CC2)cc1. The van der Waals surface area contributed by atoms with Crippen LogP contribution in [0.25, 0.3) is 0 Å². The van der Waals surface area contributed by atoms with E-state index in [1.165, 1.54) is 4.31 Å². The van der Waals surface area contributed by atoms with Gasteiger partial charge in [-0.3, -0.25) is 4.79 Å². The quantitative estimate of drug-likeness (QED) is 0.677. The molecule has 0 atom stereocenters. The van der Waals surface area contributed by atoms with Crippen LogP contribution in [0.5, 0.6) is 0 Å². The fraction of sp³-hybridized carbons (Fsp3) is 0.435. The highest BCUT2D eigenvalue weighted by atomic mass is 32.2. The van der Waals surface area contributed by atoms with Gasteiger partial charge in [-0.25, -0.2) is 8.42 Å². The summed E-state index contributed by atoms with van der Waals surface area (Å²) in [5.74, 6) is -0.221. The maximum atomic E-state index is 13.4. The summed E-state index contributed by atoms with van der Waals surface area (Å²) in [6.07, 6.45) is 3.06. The minimum absolute atomic E-state index is 0.0392. The highest BCUT2D eigenvalue weighted by Crippen LogP contribution is 2.31. The number of carbonyl (C=O) groups is 1. The Kier molecular flexibility index (Phi) is 6.95. The van der Waals surface area contributed by atoms with Crippen LogP contribution in [0.1, 0.15) is 35.1 Å². The molecular weight excluding hydrogens is 416 g/mol. The highest BCUT2D eigenvalue weighted by Gasteiger charge is 2.34. The zero-order chi connectivity index (χ0) is 22.1. The molecule has 30 heavy (non-hydrogen) atoms. The number of piperidine rings is 1. The molecule has 1 aliphatic heterocycles. The molecule has 0 radical (unpaired) electrons. The lowest BCUT2D eigenvalue weighted by molar-refractivity contribution is -0.120. The van der Waals surface area contributed by atoms with Crippen molar-refractivity contribution in [1.29, 1.82) is 0 Å². The van der Waals surface area contributed by atoms with Crippen molar-refractivity contribution in [3.8, 4) is 0 Å². The number of sulfonamides is 1. The number of thioether (sulfide) groups is 1. The van der Waals surface area contributed by atoms with Gasteiger partial charge in [0, 0.05) is 29.6 Å². The zero-order valence-electron chi connectivity index (χ0n) is 18.3. The Morgan fingerprint density at radius 1 is 1.00 bits per heavy atom. The van der Waals surface area contributed by atoms with Gasteiger partial charge in [0.15, 0.2) is 0 Å². The van der Waals surface area contributed by atoms with Crippen molar-refractivity contribution in [1.82, 2.24) is 4.31 Å². The number of nitrogens with zero attached hydrogens (tertiary/aromatic N) is 1. The summed E-state index contributed by atoms with van der Waals surface area (Å²) in [4.78, 5) is 14.2. The van der Waals surface area contributed by atoms with Crippen LogP contribution in [0, 0.1) is 33.6 Å². The summed E-state index contributed by atoms with van der Waals surface area (Å²) in [6, 6.07) is 9.78. The van der Waals surface area contributed by atoms with Gasteiger partial charge in [0.05, 0.1) is 4.90 Å². The average Bonchev–Trinajstić information content (AvgIpc) is 2.73. The van der Waals surface area contributed by atoms with Crippen LogP contribution >= 0.6 is 11.8 Å². The summed E-state index contributed by atoms with van der Waals surface area (Å²) in [6.45, 7) is 8.36. The third-order valence-electron chi connectivity index (χ3n) is 6.08. The van der Waals surface area contributed by atoms with E-state index in [-0.39, 0.29) is 11.8 Å². The maximum absolute atomic E-state index is 13.4. The van der Waals surface area contributed by atoms with E-state index in [4.69, 9.17) is 0 Å². The van der Waals surface area contributed by atoms with Crippen LogP contribution in [0.3, 0.4) is 0 Å². The van der Waals surface area contributed by atoms with Crippen molar-refractivity contribution in [3.05, 3.63) is 52.6 Å². The van der Waals surface area contributed by atoms with Crippen LogP contribution in [-0.2, 0) is 14.8 Å². The number of aryl methyl sites for hydroxylation is 2. The van der Waals surface area contributed by atoms with Gasteiger partial charge in [0.2, 0.25) is 15.9 Å². The van der Waals surface area contributed by atoms with Crippen molar-refractivity contribution in [2.45, 2.75) is 50.3 Å². The topological polar surface area (TPSA) is 66.5 Å². The van der Waals surface area contributed by atoms with E-state index in [2.05, 4.69) is 5.32 Å². The van der Waals surface area contributed by atoms with Crippen molar-refractivity contribution in [2.24, 2.45) is 5.92 Å². The number of amides is 1. The Hall–Kier alpha value is -1.83. The molecular formula is C23H30N2O3S2. The standard InChI is InChI=1S/C23H30N2O3S2/c1-15-14-16(2)18(4)22(17(15)3)30(27,28)25-12-10-19(11-13-25)23(26)24-20-6-8-21(29-5)9-7-20/h6-9,14,19H,10-13H2,1-5H3,(H,24,26). The van der Waals surface area contributed by atoms with E-state index in [0.29, 0.717) is 30.8 Å². The van der Waals surface area contributed by atoms with Gasteiger partial charge in [0.1, 0.15) is 0 Å². The molecule has 1 aliphatic rings. The van der Waals surface area contributed by atoms with Crippen molar-refractivity contribution < 1.29 is 13.2 Å². The lowest BCUT2D eigenvalue weighted by Crippen LogP contribution is -2.41. The zero-order valence-corrected chi connectivity index (χ0v) is 19.9. The highest BCUT2D eigenvalue weighted by molar-refractivity contribution is 7.98. The summed E-state index contributed by atoms with van der Waals surface area (Å²) in [5, 5.41) is 2.97. The molecule has 0 bridgehead atoms. The first-order valence-electron chi connectivity index (χ1n) is 10.2. The number of rotatable bonds is 5. The lowest BCUT2D eigenvalue weighted by Gasteiger charge is -2.31. The second-order valence-corrected chi connectivity index (χ2v) is 10.7. The van der Waals surface area contributed by atoms with Gasteiger partial charge in [-0.05, 0) is 93.3 Å². The molecule has 5 nitrogen and oxygen atoms in total. The van der Waals surface area contributed by atoms with Gasteiger partial charge >= 0.3 is 0 Å². The summed E-state index contributed by atoms with van der Waals surface area (Å²) in [5.41, 5.74) is 4.37. The molecule has 2 aromatic carbocycles. The molecule has 1 N–H and O–H groups in total. The van der Waals surface area contributed by atoms with Crippen LogP contribution in [0.4, 0.5) is 5.69 Å². The first kappa shape index (κ1) is 22.8. The van der Waals surface area contributed by atoms with E-state index in [0.717, 1.165) is 32.8 Å². The third kappa shape index (κ3) is 4.58. The van der Waals surface area contributed by atoms with Crippen molar-refractivity contribution in [2.75, 3.05) is 24.7 Å². The molecule has 0 aliphatic carbocycles. The Morgan fingerprint density at radius 2 is 1.53 bits per heavy atom. The van der Waals surface area contributed by atoms with Crippen LogP contribution in [0.15, 0.2) is 40.1 Å². The molecule has 1 fully saturated rings. The Bertz CT molecular complexity index is 1010. The van der Waals surface area contributed by atoms with Crippen LogP contribution < -0.4 is 5.32 Å². The predicted molar refractivity (Wildman–Crippen MR) is 124 cm³/mol.